The predicted octanol–water partition coefficient (Wildman–Crippen LogP) is 4.25. The Morgan fingerprint density at radius 1 is 0.971 bits per heavy atom. The Kier molecular flexibility index (Phi) is 7.37. The van der Waals surface area contributed by atoms with Crippen LogP contribution in [0.3, 0.4) is 0 Å². The monoisotopic (exact) mass is 507 g/mol. The number of nitrogens with one attached hydrogen (secondary N) is 1. The molecule has 1 aromatic heterocycles. The van der Waals surface area contributed by atoms with Crippen LogP contribution in [0, 0.1) is 0 Å². The standard InChI is InChI=1S/C22H20F3N5O2S2/c23-22(24,25)16-8-6-15(7-9-16)19(32)29-10-12-30(13-11-29)20-27-28-21(34-20)33-14-18(31)26-17-4-2-1-3-5-17/h1-9H,10-14H2,(H,26,31). The minimum atomic E-state index is -4.43. The van der Waals surface area contributed by atoms with Crippen molar-refractivity contribution in [1.82, 2.24) is 15.1 Å². The molecule has 178 valence electrons. The summed E-state index contributed by atoms with van der Waals surface area (Å²) in [6.07, 6.45) is -4.43. The largest absolute Gasteiger partial charge is 0.416 e. The molecule has 0 aliphatic carbocycles. The van der Waals surface area contributed by atoms with E-state index >= 15 is 0 Å². The molecule has 3 aromatic rings. The minimum Gasteiger partial charge on any atom is -0.343 e. The van der Waals surface area contributed by atoms with Crippen molar-refractivity contribution in [3.05, 3.63) is 65.7 Å². The Labute approximate surface area is 202 Å². The summed E-state index contributed by atoms with van der Waals surface area (Å²) >= 11 is 2.67. The minimum absolute atomic E-state index is 0.136. The number of hydrogen-bond acceptors (Lipinski definition) is 7. The molecule has 12 heteroatoms. The fraction of sp³-hybridized carbons (Fsp3) is 0.273. The Morgan fingerprint density at radius 2 is 1.65 bits per heavy atom. The second-order valence-electron chi connectivity index (χ2n) is 7.41. The first-order valence-electron chi connectivity index (χ1n) is 10.3. The fourth-order valence-electron chi connectivity index (χ4n) is 3.32. The van der Waals surface area contributed by atoms with E-state index in [4.69, 9.17) is 0 Å². The summed E-state index contributed by atoms with van der Waals surface area (Å²) < 4.78 is 38.8. The maximum absolute atomic E-state index is 12.7. The number of benzene rings is 2. The number of halogens is 3. The summed E-state index contributed by atoms with van der Waals surface area (Å²) in [4.78, 5) is 28.4. The summed E-state index contributed by atoms with van der Waals surface area (Å²) in [5.41, 5.74) is 0.177. The fourth-order valence-corrected chi connectivity index (χ4v) is 5.01. The van der Waals surface area contributed by atoms with Gasteiger partial charge in [0.2, 0.25) is 11.0 Å². The molecule has 34 heavy (non-hydrogen) atoms. The molecule has 0 unspecified atom stereocenters. The highest BCUT2D eigenvalue weighted by Gasteiger charge is 2.31. The first-order valence-corrected chi connectivity index (χ1v) is 12.1. The van der Waals surface area contributed by atoms with Gasteiger partial charge >= 0.3 is 6.18 Å². The highest BCUT2D eigenvalue weighted by atomic mass is 32.2. The molecule has 0 atom stereocenters. The molecular formula is C22H20F3N5O2S2. The number of para-hydroxylation sites is 1. The molecule has 1 saturated heterocycles. The number of carbonyl (C=O) groups is 2. The van der Waals surface area contributed by atoms with Gasteiger partial charge in [-0.3, -0.25) is 9.59 Å². The highest BCUT2D eigenvalue weighted by Crippen LogP contribution is 2.30. The van der Waals surface area contributed by atoms with Crippen molar-refractivity contribution in [2.45, 2.75) is 10.5 Å². The van der Waals surface area contributed by atoms with Crippen molar-refractivity contribution in [2.24, 2.45) is 0 Å². The molecule has 7 nitrogen and oxygen atoms in total. The summed E-state index contributed by atoms with van der Waals surface area (Å²) in [6, 6.07) is 13.4. The number of thioether (sulfide) groups is 1. The number of amides is 2. The molecule has 1 N–H and O–H groups in total. The quantitative estimate of drug-likeness (QED) is 0.503. The van der Waals surface area contributed by atoms with Crippen molar-refractivity contribution in [2.75, 3.05) is 42.1 Å². The van der Waals surface area contributed by atoms with E-state index in [0.717, 1.165) is 17.8 Å². The van der Waals surface area contributed by atoms with Crippen LogP contribution in [0.5, 0.6) is 0 Å². The van der Waals surface area contributed by atoms with Gasteiger partial charge in [0.25, 0.3) is 5.91 Å². The number of hydrogen-bond donors (Lipinski definition) is 1. The number of nitrogens with zero attached hydrogens (tertiary/aromatic N) is 4. The molecule has 0 spiro atoms. The van der Waals surface area contributed by atoms with Crippen LogP contribution >= 0.6 is 23.1 Å². The van der Waals surface area contributed by atoms with E-state index in [1.54, 1.807) is 4.90 Å². The molecule has 0 bridgehead atoms. The Morgan fingerprint density at radius 3 is 2.29 bits per heavy atom. The molecule has 0 radical (unpaired) electrons. The lowest BCUT2D eigenvalue weighted by molar-refractivity contribution is -0.137. The van der Waals surface area contributed by atoms with E-state index in [2.05, 4.69) is 15.5 Å². The van der Waals surface area contributed by atoms with E-state index in [1.165, 1.54) is 35.2 Å². The topological polar surface area (TPSA) is 78.4 Å². The van der Waals surface area contributed by atoms with Gasteiger partial charge in [-0.1, -0.05) is 41.3 Å². The van der Waals surface area contributed by atoms with Gasteiger partial charge in [0.1, 0.15) is 0 Å². The third-order valence-corrected chi connectivity index (χ3v) is 7.19. The van der Waals surface area contributed by atoms with Gasteiger partial charge in [0.15, 0.2) is 4.34 Å². The van der Waals surface area contributed by atoms with Crippen LogP contribution in [0.15, 0.2) is 58.9 Å². The van der Waals surface area contributed by atoms with Crippen LogP contribution in [0.4, 0.5) is 24.0 Å². The SMILES string of the molecule is O=C(CSc1nnc(N2CCN(C(=O)c3ccc(C(F)(F)F)cc3)CC2)s1)Nc1ccccc1. The molecule has 1 aliphatic rings. The lowest BCUT2D eigenvalue weighted by Gasteiger charge is -2.34. The third kappa shape index (κ3) is 6.06. The van der Waals surface area contributed by atoms with Gasteiger partial charge in [0.05, 0.1) is 11.3 Å². The van der Waals surface area contributed by atoms with Crippen molar-refractivity contribution in [3.63, 3.8) is 0 Å². The van der Waals surface area contributed by atoms with Gasteiger partial charge in [-0.05, 0) is 36.4 Å². The second-order valence-corrected chi connectivity index (χ2v) is 9.59. The van der Waals surface area contributed by atoms with E-state index in [-0.39, 0.29) is 23.1 Å². The lowest BCUT2D eigenvalue weighted by atomic mass is 10.1. The molecular weight excluding hydrogens is 487 g/mol. The number of alkyl halides is 3. The van der Waals surface area contributed by atoms with Crippen molar-refractivity contribution >= 4 is 45.7 Å². The Bertz CT molecular complexity index is 1130. The Balaban J connectivity index is 1.26. The van der Waals surface area contributed by atoms with Gasteiger partial charge < -0.3 is 15.1 Å². The molecule has 2 amide bonds. The van der Waals surface area contributed by atoms with Crippen LogP contribution in [0.25, 0.3) is 0 Å². The van der Waals surface area contributed by atoms with Crippen LogP contribution in [0.2, 0.25) is 0 Å². The first-order chi connectivity index (χ1) is 16.3. The number of rotatable bonds is 6. The molecule has 1 aliphatic heterocycles. The van der Waals surface area contributed by atoms with Crippen LogP contribution in [-0.2, 0) is 11.0 Å². The van der Waals surface area contributed by atoms with Crippen LogP contribution in [0.1, 0.15) is 15.9 Å². The van der Waals surface area contributed by atoms with Crippen molar-refractivity contribution in [3.8, 4) is 0 Å². The van der Waals surface area contributed by atoms with Crippen molar-refractivity contribution in [1.29, 1.82) is 0 Å². The summed E-state index contributed by atoms with van der Waals surface area (Å²) in [5.74, 6) is -0.228. The van der Waals surface area contributed by atoms with Gasteiger partial charge in [-0.2, -0.15) is 13.2 Å². The van der Waals surface area contributed by atoms with Gasteiger partial charge in [0, 0.05) is 37.4 Å². The lowest BCUT2D eigenvalue weighted by Crippen LogP contribution is -2.48. The summed E-state index contributed by atoms with van der Waals surface area (Å²) in [7, 11) is 0. The summed E-state index contributed by atoms with van der Waals surface area (Å²) in [5, 5.41) is 11.8. The normalized spacial score (nSPS) is 14.2. The van der Waals surface area contributed by atoms with Crippen LogP contribution in [-0.4, -0.2) is 58.8 Å². The van der Waals surface area contributed by atoms with E-state index in [9.17, 15) is 22.8 Å². The van der Waals surface area contributed by atoms with Gasteiger partial charge in [-0.15, -0.1) is 10.2 Å². The average Bonchev–Trinajstić information content (AvgIpc) is 3.32. The maximum Gasteiger partial charge on any atom is 0.416 e. The van der Waals surface area contributed by atoms with Crippen LogP contribution < -0.4 is 10.2 Å². The predicted molar refractivity (Wildman–Crippen MR) is 125 cm³/mol. The molecule has 4 rings (SSSR count). The zero-order valence-electron chi connectivity index (χ0n) is 17.8. The first kappa shape index (κ1) is 24.0. The van der Waals surface area contributed by atoms with E-state index in [1.807, 2.05) is 35.2 Å². The maximum atomic E-state index is 12.7. The zero-order chi connectivity index (χ0) is 24.1. The molecule has 2 aromatic carbocycles. The number of piperazine rings is 1. The number of anilines is 2. The third-order valence-electron chi connectivity index (χ3n) is 5.08. The number of carbonyl (C=O) groups excluding carboxylic acids is 2. The summed E-state index contributed by atoms with van der Waals surface area (Å²) in [6.45, 7) is 1.89. The highest BCUT2D eigenvalue weighted by molar-refractivity contribution is 8.01. The van der Waals surface area contributed by atoms with Gasteiger partial charge in [-0.25, -0.2) is 0 Å². The average molecular weight is 508 g/mol. The van der Waals surface area contributed by atoms with E-state index in [0.29, 0.717) is 35.7 Å². The Hall–Kier alpha value is -3.12. The smallest absolute Gasteiger partial charge is 0.343 e. The molecule has 0 saturated carbocycles. The number of aromatic nitrogens is 2. The molecule has 1 fully saturated rings. The second kappa shape index (κ2) is 10.4. The zero-order valence-corrected chi connectivity index (χ0v) is 19.4. The molecule has 2 heterocycles. The van der Waals surface area contributed by atoms with E-state index < -0.39 is 11.7 Å². The van der Waals surface area contributed by atoms with Crippen molar-refractivity contribution < 1.29 is 22.8 Å².